The number of anilines is 1. The molecule has 100 valence electrons. The second-order valence-corrected chi connectivity index (χ2v) is 4.42. The van der Waals surface area contributed by atoms with Crippen LogP contribution >= 0.6 is 0 Å². The first-order valence-corrected chi connectivity index (χ1v) is 6.28. The number of unbranched alkanes of at least 4 members (excludes halogenated alkanes) is 1. The lowest BCUT2D eigenvalue weighted by Gasteiger charge is -2.25. The van der Waals surface area contributed by atoms with Crippen LogP contribution in [-0.2, 0) is 0 Å². The first-order valence-electron chi connectivity index (χ1n) is 6.28. The predicted molar refractivity (Wildman–Crippen MR) is 76.3 cm³/mol. The molecule has 0 spiro atoms. The van der Waals surface area contributed by atoms with Gasteiger partial charge < -0.3 is 14.7 Å². The Balaban J connectivity index is 2.95. The minimum Gasteiger partial charge on any atom is -0.496 e. The summed E-state index contributed by atoms with van der Waals surface area (Å²) in [5, 5.41) is 9.91. The van der Waals surface area contributed by atoms with Gasteiger partial charge in [0.05, 0.1) is 13.2 Å². The minimum atomic E-state index is -0.544. The molecule has 0 radical (unpaired) electrons. The number of allylic oxidation sites excluding steroid dienone is 1. The largest absolute Gasteiger partial charge is 0.496 e. The zero-order chi connectivity index (χ0) is 13.5. The maximum Gasteiger partial charge on any atom is 0.126 e. The molecule has 0 aromatic heterocycles. The number of hydrogen-bond donors (Lipinski definition) is 1. The van der Waals surface area contributed by atoms with Crippen molar-refractivity contribution in [1.82, 2.24) is 0 Å². The SMILES string of the molecule is C=CCCCN(C)c1cccc(OC)c1C(C)O. The quantitative estimate of drug-likeness (QED) is 0.595. The van der Waals surface area contributed by atoms with E-state index < -0.39 is 6.10 Å². The molecule has 1 atom stereocenters. The number of methoxy groups -OCH3 is 1. The van der Waals surface area contributed by atoms with Gasteiger partial charge in [0.1, 0.15) is 5.75 Å². The lowest BCUT2D eigenvalue weighted by molar-refractivity contribution is 0.194. The normalized spacial score (nSPS) is 12.0. The van der Waals surface area contributed by atoms with Gasteiger partial charge in [0.15, 0.2) is 0 Å². The molecular weight excluding hydrogens is 226 g/mol. The van der Waals surface area contributed by atoms with Crippen LogP contribution in [0.25, 0.3) is 0 Å². The highest BCUT2D eigenvalue weighted by molar-refractivity contribution is 5.60. The highest BCUT2D eigenvalue weighted by Crippen LogP contribution is 2.34. The molecule has 0 saturated carbocycles. The van der Waals surface area contributed by atoms with E-state index in [1.807, 2.05) is 31.3 Å². The van der Waals surface area contributed by atoms with E-state index in [4.69, 9.17) is 4.74 Å². The fourth-order valence-corrected chi connectivity index (χ4v) is 2.06. The Kier molecular flexibility index (Phi) is 5.72. The van der Waals surface area contributed by atoms with Crippen molar-refractivity contribution in [2.75, 3.05) is 25.6 Å². The van der Waals surface area contributed by atoms with Crippen molar-refractivity contribution in [2.45, 2.75) is 25.9 Å². The van der Waals surface area contributed by atoms with Gasteiger partial charge in [-0.05, 0) is 31.9 Å². The van der Waals surface area contributed by atoms with E-state index in [1.54, 1.807) is 14.0 Å². The van der Waals surface area contributed by atoms with Crippen molar-refractivity contribution < 1.29 is 9.84 Å². The molecule has 0 heterocycles. The summed E-state index contributed by atoms with van der Waals surface area (Å²) in [6.45, 7) is 6.42. The highest BCUT2D eigenvalue weighted by Gasteiger charge is 2.16. The molecule has 0 saturated heterocycles. The molecule has 0 bridgehead atoms. The molecule has 0 aliphatic rings. The Bertz CT molecular complexity index is 388. The van der Waals surface area contributed by atoms with E-state index in [1.165, 1.54) is 0 Å². The van der Waals surface area contributed by atoms with Crippen LogP contribution < -0.4 is 9.64 Å². The number of hydrogen-bond acceptors (Lipinski definition) is 3. The van der Waals surface area contributed by atoms with Crippen molar-refractivity contribution in [3.63, 3.8) is 0 Å². The molecular formula is C15H23NO2. The van der Waals surface area contributed by atoms with Crippen molar-refractivity contribution in [1.29, 1.82) is 0 Å². The van der Waals surface area contributed by atoms with Gasteiger partial charge >= 0.3 is 0 Å². The lowest BCUT2D eigenvalue weighted by Crippen LogP contribution is -2.20. The van der Waals surface area contributed by atoms with E-state index in [2.05, 4.69) is 11.5 Å². The van der Waals surface area contributed by atoms with Gasteiger partial charge in [-0.3, -0.25) is 0 Å². The molecule has 1 N–H and O–H groups in total. The van der Waals surface area contributed by atoms with Gasteiger partial charge in [-0.25, -0.2) is 0 Å². The van der Waals surface area contributed by atoms with Gasteiger partial charge in [0, 0.05) is 24.8 Å². The van der Waals surface area contributed by atoms with E-state index >= 15 is 0 Å². The summed E-state index contributed by atoms with van der Waals surface area (Å²) < 4.78 is 5.32. The summed E-state index contributed by atoms with van der Waals surface area (Å²) in [7, 11) is 3.66. The Hall–Kier alpha value is -1.48. The van der Waals surface area contributed by atoms with Gasteiger partial charge in [0.2, 0.25) is 0 Å². The maximum absolute atomic E-state index is 9.91. The number of nitrogens with zero attached hydrogens (tertiary/aromatic N) is 1. The van der Waals surface area contributed by atoms with Crippen LogP contribution in [0, 0.1) is 0 Å². The van der Waals surface area contributed by atoms with Gasteiger partial charge in [-0.1, -0.05) is 12.1 Å². The molecule has 0 aliphatic heterocycles. The monoisotopic (exact) mass is 249 g/mol. The van der Waals surface area contributed by atoms with E-state index in [0.717, 1.165) is 36.4 Å². The summed E-state index contributed by atoms with van der Waals surface area (Å²) in [4.78, 5) is 2.15. The summed E-state index contributed by atoms with van der Waals surface area (Å²) >= 11 is 0. The van der Waals surface area contributed by atoms with Crippen molar-refractivity contribution in [3.8, 4) is 5.75 Å². The van der Waals surface area contributed by atoms with Crippen LogP contribution in [0.3, 0.4) is 0 Å². The standard InChI is InChI=1S/C15H23NO2/c1-5-6-7-11-16(3)13-9-8-10-14(18-4)15(13)12(2)17/h5,8-10,12,17H,1,6-7,11H2,2-4H3. The number of benzene rings is 1. The highest BCUT2D eigenvalue weighted by atomic mass is 16.5. The predicted octanol–water partition coefficient (Wildman–Crippen LogP) is 3.15. The minimum absolute atomic E-state index is 0.544. The third kappa shape index (κ3) is 3.50. The molecule has 3 nitrogen and oxygen atoms in total. The number of ether oxygens (including phenoxy) is 1. The second-order valence-electron chi connectivity index (χ2n) is 4.42. The number of aliphatic hydroxyl groups is 1. The smallest absolute Gasteiger partial charge is 0.126 e. The van der Waals surface area contributed by atoms with Crippen LogP contribution in [0.5, 0.6) is 5.75 Å². The second kappa shape index (κ2) is 7.07. The Morgan fingerprint density at radius 3 is 2.78 bits per heavy atom. The van der Waals surface area contributed by atoms with Crippen molar-refractivity contribution in [2.24, 2.45) is 0 Å². The Morgan fingerprint density at radius 1 is 1.50 bits per heavy atom. The first-order chi connectivity index (χ1) is 8.61. The van der Waals surface area contributed by atoms with Gasteiger partial charge in [-0.15, -0.1) is 6.58 Å². The third-order valence-corrected chi connectivity index (χ3v) is 2.99. The topological polar surface area (TPSA) is 32.7 Å². The first kappa shape index (κ1) is 14.6. The summed E-state index contributed by atoms with van der Waals surface area (Å²) in [6, 6.07) is 5.84. The molecule has 0 fully saturated rings. The molecule has 1 aromatic rings. The summed E-state index contributed by atoms with van der Waals surface area (Å²) in [5.41, 5.74) is 1.87. The molecule has 3 heteroatoms. The van der Waals surface area contributed by atoms with Gasteiger partial charge in [0.25, 0.3) is 0 Å². The fraction of sp³-hybridized carbons (Fsp3) is 0.467. The molecule has 0 amide bonds. The third-order valence-electron chi connectivity index (χ3n) is 2.99. The zero-order valence-electron chi connectivity index (χ0n) is 11.5. The molecule has 18 heavy (non-hydrogen) atoms. The average molecular weight is 249 g/mol. The van der Waals surface area contributed by atoms with Crippen LogP contribution in [0.1, 0.15) is 31.4 Å². The average Bonchev–Trinajstić information content (AvgIpc) is 2.37. The van der Waals surface area contributed by atoms with Crippen LogP contribution in [-0.4, -0.2) is 25.8 Å². The summed E-state index contributed by atoms with van der Waals surface area (Å²) in [5.74, 6) is 0.734. The number of rotatable bonds is 7. The summed E-state index contributed by atoms with van der Waals surface area (Å²) in [6.07, 6.45) is 3.43. The van der Waals surface area contributed by atoms with Crippen LogP contribution in [0.15, 0.2) is 30.9 Å². The van der Waals surface area contributed by atoms with Crippen molar-refractivity contribution in [3.05, 3.63) is 36.4 Å². The number of aliphatic hydroxyl groups excluding tert-OH is 1. The molecule has 1 rings (SSSR count). The molecule has 0 aliphatic carbocycles. The van der Waals surface area contributed by atoms with Crippen LogP contribution in [0.2, 0.25) is 0 Å². The molecule has 1 unspecified atom stereocenters. The van der Waals surface area contributed by atoms with E-state index in [9.17, 15) is 5.11 Å². The van der Waals surface area contributed by atoms with E-state index in [0.29, 0.717) is 0 Å². The van der Waals surface area contributed by atoms with E-state index in [-0.39, 0.29) is 0 Å². The van der Waals surface area contributed by atoms with Crippen molar-refractivity contribution >= 4 is 5.69 Å². The maximum atomic E-state index is 9.91. The molecule has 1 aromatic carbocycles. The zero-order valence-corrected chi connectivity index (χ0v) is 11.5. The Labute approximate surface area is 110 Å². The Morgan fingerprint density at radius 2 is 2.22 bits per heavy atom. The van der Waals surface area contributed by atoms with Gasteiger partial charge in [-0.2, -0.15) is 0 Å². The lowest BCUT2D eigenvalue weighted by atomic mass is 10.1. The fourth-order valence-electron chi connectivity index (χ4n) is 2.06. The van der Waals surface area contributed by atoms with Crippen LogP contribution in [0.4, 0.5) is 5.69 Å².